The third kappa shape index (κ3) is 1.89. The van der Waals surface area contributed by atoms with Crippen LogP contribution in [0.1, 0.15) is 58.3 Å². The number of nitrogens with two attached hydrogens (primary N) is 1. The molecule has 0 atom stereocenters. The van der Waals surface area contributed by atoms with E-state index in [1.165, 1.54) is 6.42 Å². The lowest BCUT2D eigenvalue weighted by Gasteiger charge is -2.43. The second-order valence-electron chi connectivity index (χ2n) is 5.30. The van der Waals surface area contributed by atoms with E-state index in [0.717, 1.165) is 44.9 Å². The number of nitrogens with one attached hydrogen (secondary N) is 1. The van der Waals surface area contributed by atoms with Crippen LogP contribution in [0.5, 0.6) is 0 Å². The van der Waals surface area contributed by atoms with Crippen molar-refractivity contribution < 1.29 is 4.79 Å². The Labute approximate surface area is 91.8 Å². The number of carbonyl (C=O) groups is 1. The molecule has 2 aliphatic rings. The average Bonchev–Trinajstić information content (AvgIpc) is 2.60. The van der Waals surface area contributed by atoms with Crippen molar-refractivity contribution in [2.45, 2.75) is 69.4 Å². The van der Waals surface area contributed by atoms with Crippen molar-refractivity contribution in [2.24, 2.45) is 5.73 Å². The zero-order valence-electron chi connectivity index (χ0n) is 9.64. The number of hydrogen-bond donors (Lipinski definition) is 2. The van der Waals surface area contributed by atoms with Crippen LogP contribution < -0.4 is 11.1 Å². The Kier molecular flexibility index (Phi) is 2.75. The summed E-state index contributed by atoms with van der Waals surface area (Å²) in [5.41, 5.74) is 5.66. The van der Waals surface area contributed by atoms with Gasteiger partial charge in [-0.3, -0.25) is 4.79 Å². The van der Waals surface area contributed by atoms with Crippen molar-refractivity contribution in [3.05, 3.63) is 0 Å². The zero-order chi connectivity index (χ0) is 10.9. The standard InChI is InChI=1S/C12H22N2O/c1-2-11(6-5-7-11)14-10(15)12(13)8-3-4-9-12/h2-9,13H2,1H3,(H,14,15). The maximum atomic E-state index is 12.1. The van der Waals surface area contributed by atoms with Gasteiger partial charge in [0.15, 0.2) is 0 Å². The largest absolute Gasteiger partial charge is 0.349 e. The first kappa shape index (κ1) is 10.9. The molecule has 0 bridgehead atoms. The van der Waals surface area contributed by atoms with E-state index in [4.69, 9.17) is 5.73 Å². The molecular weight excluding hydrogens is 188 g/mol. The molecule has 2 fully saturated rings. The van der Waals surface area contributed by atoms with E-state index in [2.05, 4.69) is 12.2 Å². The van der Waals surface area contributed by atoms with Gasteiger partial charge in [0.1, 0.15) is 0 Å². The normalized spacial score (nSPS) is 27.1. The van der Waals surface area contributed by atoms with Gasteiger partial charge in [-0.15, -0.1) is 0 Å². The Bertz CT molecular complexity index is 247. The van der Waals surface area contributed by atoms with E-state index < -0.39 is 5.54 Å². The summed E-state index contributed by atoms with van der Waals surface area (Å²) in [5.74, 6) is 0.0987. The minimum Gasteiger partial charge on any atom is -0.349 e. The van der Waals surface area contributed by atoms with Crippen LogP contribution in [-0.4, -0.2) is 17.0 Å². The molecule has 0 aliphatic heterocycles. The molecule has 0 heterocycles. The third-order valence-electron chi connectivity index (χ3n) is 4.31. The van der Waals surface area contributed by atoms with E-state index in [-0.39, 0.29) is 11.4 Å². The molecule has 0 unspecified atom stereocenters. The van der Waals surface area contributed by atoms with Gasteiger partial charge in [-0.1, -0.05) is 19.8 Å². The van der Waals surface area contributed by atoms with Gasteiger partial charge in [-0.05, 0) is 38.5 Å². The maximum Gasteiger partial charge on any atom is 0.240 e. The van der Waals surface area contributed by atoms with Crippen LogP contribution in [0.4, 0.5) is 0 Å². The van der Waals surface area contributed by atoms with Gasteiger partial charge < -0.3 is 11.1 Å². The smallest absolute Gasteiger partial charge is 0.240 e. The fraction of sp³-hybridized carbons (Fsp3) is 0.917. The quantitative estimate of drug-likeness (QED) is 0.745. The van der Waals surface area contributed by atoms with Crippen LogP contribution in [0.2, 0.25) is 0 Å². The van der Waals surface area contributed by atoms with Crippen LogP contribution in [0.3, 0.4) is 0 Å². The molecule has 3 heteroatoms. The van der Waals surface area contributed by atoms with Crippen LogP contribution in [0, 0.1) is 0 Å². The predicted octanol–water partition coefficient (Wildman–Crippen LogP) is 1.71. The minimum atomic E-state index is -0.558. The molecule has 0 spiro atoms. The highest BCUT2D eigenvalue weighted by Crippen LogP contribution is 2.36. The molecule has 86 valence electrons. The van der Waals surface area contributed by atoms with E-state index in [0.29, 0.717) is 0 Å². The van der Waals surface area contributed by atoms with Gasteiger partial charge in [0.25, 0.3) is 0 Å². The first-order valence-corrected chi connectivity index (χ1v) is 6.22. The lowest BCUT2D eigenvalue weighted by molar-refractivity contribution is -0.129. The second-order valence-corrected chi connectivity index (χ2v) is 5.30. The summed E-state index contributed by atoms with van der Waals surface area (Å²) in [7, 11) is 0. The molecule has 3 N–H and O–H groups in total. The molecule has 2 aliphatic carbocycles. The van der Waals surface area contributed by atoms with Crippen molar-refractivity contribution in [3.8, 4) is 0 Å². The molecule has 0 radical (unpaired) electrons. The summed E-state index contributed by atoms with van der Waals surface area (Å²) in [6.45, 7) is 2.15. The van der Waals surface area contributed by atoms with Gasteiger partial charge in [0.2, 0.25) is 5.91 Å². The first-order valence-electron chi connectivity index (χ1n) is 6.22. The molecule has 0 aromatic heterocycles. The van der Waals surface area contributed by atoms with E-state index in [1.807, 2.05) is 0 Å². The molecule has 0 aromatic rings. The van der Waals surface area contributed by atoms with Crippen molar-refractivity contribution >= 4 is 5.91 Å². The highest BCUT2D eigenvalue weighted by atomic mass is 16.2. The molecule has 1 amide bonds. The summed E-state index contributed by atoms with van der Waals surface area (Å²) < 4.78 is 0. The van der Waals surface area contributed by atoms with Gasteiger partial charge in [0, 0.05) is 5.54 Å². The SMILES string of the molecule is CCC1(NC(=O)C2(N)CCCC2)CCC1. The van der Waals surface area contributed by atoms with Gasteiger partial charge >= 0.3 is 0 Å². The minimum absolute atomic E-state index is 0.0893. The summed E-state index contributed by atoms with van der Waals surface area (Å²) in [6, 6.07) is 0. The fourth-order valence-corrected chi connectivity index (χ4v) is 2.77. The Hall–Kier alpha value is -0.570. The monoisotopic (exact) mass is 210 g/mol. The van der Waals surface area contributed by atoms with Crippen molar-refractivity contribution in [3.63, 3.8) is 0 Å². The third-order valence-corrected chi connectivity index (χ3v) is 4.31. The highest BCUT2D eigenvalue weighted by molar-refractivity contribution is 5.87. The van der Waals surface area contributed by atoms with Crippen molar-refractivity contribution in [2.75, 3.05) is 0 Å². The maximum absolute atomic E-state index is 12.1. The number of hydrogen-bond acceptors (Lipinski definition) is 2. The van der Waals surface area contributed by atoms with Crippen molar-refractivity contribution in [1.29, 1.82) is 0 Å². The first-order chi connectivity index (χ1) is 7.10. The zero-order valence-corrected chi connectivity index (χ0v) is 9.64. The Morgan fingerprint density at radius 3 is 2.20 bits per heavy atom. The average molecular weight is 210 g/mol. The second kappa shape index (κ2) is 3.78. The number of carbonyl (C=O) groups excluding carboxylic acids is 1. The van der Waals surface area contributed by atoms with E-state index >= 15 is 0 Å². The number of amides is 1. The van der Waals surface area contributed by atoms with Gasteiger partial charge in [0.05, 0.1) is 5.54 Å². The van der Waals surface area contributed by atoms with Crippen molar-refractivity contribution in [1.82, 2.24) is 5.32 Å². The van der Waals surface area contributed by atoms with Crippen LogP contribution >= 0.6 is 0 Å². The summed E-state index contributed by atoms with van der Waals surface area (Å²) in [4.78, 5) is 12.1. The Balaban J connectivity index is 1.96. The lowest BCUT2D eigenvalue weighted by Crippen LogP contribution is -2.61. The molecule has 15 heavy (non-hydrogen) atoms. The summed E-state index contributed by atoms with van der Waals surface area (Å²) in [5, 5.41) is 3.20. The van der Waals surface area contributed by atoms with E-state index in [9.17, 15) is 4.79 Å². The number of rotatable bonds is 3. The molecule has 0 saturated heterocycles. The molecule has 0 aromatic carbocycles. The van der Waals surface area contributed by atoms with Gasteiger partial charge in [-0.2, -0.15) is 0 Å². The van der Waals surface area contributed by atoms with Gasteiger partial charge in [-0.25, -0.2) is 0 Å². The lowest BCUT2D eigenvalue weighted by atomic mass is 9.74. The molecule has 2 rings (SSSR count). The van der Waals surface area contributed by atoms with Crippen LogP contribution in [0.25, 0.3) is 0 Å². The Morgan fingerprint density at radius 1 is 1.20 bits per heavy atom. The molecular formula is C12H22N2O. The Morgan fingerprint density at radius 2 is 1.80 bits per heavy atom. The van der Waals surface area contributed by atoms with Crippen LogP contribution in [-0.2, 0) is 4.79 Å². The van der Waals surface area contributed by atoms with E-state index in [1.54, 1.807) is 0 Å². The topological polar surface area (TPSA) is 55.1 Å². The molecule has 2 saturated carbocycles. The summed E-state index contributed by atoms with van der Waals surface area (Å²) >= 11 is 0. The van der Waals surface area contributed by atoms with Crippen LogP contribution in [0.15, 0.2) is 0 Å². The fourth-order valence-electron chi connectivity index (χ4n) is 2.77. The predicted molar refractivity (Wildman–Crippen MR) is 60.4 cm³/mol. The summed E-state index contributed by atoms with van der Waals surface area (Å²) in [6.07, 6.45) is 8.46. The molecule has 3 nitrogen and oxygen atoms in total. The highest BCUT2D eigenvalue weighted by Gasteiger charge is 2.43.